The lowest BCUT2D eigenvalue weighted by Gasteiger charge is -2.05. The Labute approximate surface area is 122 Å². The minimum atomic E-state index is 0.126. The topological polar surface area (TPSA) is 29.1 Å². The van der Waals surface area contributed by atoms with E-state index in [2.05, 4.69) is 17.9 Å². The van der Waals surface area contributed by atoms with Crippen LogP contribution in [0.1, 0.15) is 51.4 Å². The van der Waals surface area contributed by atoms with Crippen molar-refractivity contribution in [3.63, 3.8) is 0 Å². The number of hydrogen-bond acceptors (Lipinski definition) is 2. The van der Waals surface area contributed by atoms with Gasteiger partial charge in [0.1, 0.15) is 0 Å². The zero-order chi connectivity index (χ0) is 13.8. The van der Waals surface area contributed by atoms with Crippen LogP contribution in [0.2, 0.25) is 0 Å². The van der Waals surface area contributed by atoms with Crippen molar-refractivity contribution in [3.8, 4) is 0 Å². The molecule has 0 spiro atoms. The first-order valence-corrected chi connectivity index (χ1v) is 7.92. The van der Waals surface area contributed by atoms with Crippen LogP contribution in [0.4, 0.5) is 5.69 Å². The van der Waals surface area contributed by atoms with Gasteiger partial charge in [-0.05, 0) is 30.7 Å². The number of benzene rings is 1. The molecule has 0 aliphatic rings. The summed E-state index contributed by atoms with van der Waals surface area (Å²) >= 11 is 4.20. The van der Waals surface area contributed by atoms with Crippen molar-refractivity contribution >= 4 is 24.2 Å². The van der Waals surface area contributed by atoms with Gasteiger partial charge in [-0.15, -0.1) is 0 Å². The summed E-state index contributed by atoms with van der Waals surface area (Å²) in [7, 11) is 0. The molecule has 2 nitrogen and oxygen atoms in total. The molecule has 1 aromatic rings. The van der Waals surface area contributed by atoms with Crippen molar-refractivity contribution in [2.75, 3.05) is 11.1 Å². The monoisotopic (exact) mass is 279 g/mol. The van der Waals surface area contributed by atoms with Gasteiger partial charge in [0.05, 0.1) is 0 Å². The van der Waals surface area contributed by atoms with Gasteiger partial charge in [-0.3, -0.25) is 4.79 Å². The Morgan fingerprint density at radius 2 is 1.47 bits per heavy atom. The van der Waals surface area contributed by atoms with Gasteiger partial charge in [0.15, 0.2) is 0 Å². The maximum Gasteiger partial charge on any atom is 0.224 e. The van der Waals surface area contributed by atoms with Gasteiger partial charge in [0, 0.05) is 12.1 Å². The molecular weight excluding hydrogens is 254 g/mol. The van der Waals surface area contributed by atoms with Crippen LogP contribution in [0.15, 0.2) is 30.3 Å². The molecule has 106 valence electrons. The smallest absolute Gasteiger partial charge is 0.224 e. The SMILES string of the molecule is O=C(CCCCCCCCCS)Nc1ccccc1. The van der Waals surface area contributed by atoms with Crippen molar-refractivity contribution in [1.29, 1.82) is 0 Å². The van der Waals surface area contributed by atoms with E-state index in [1.807, 2.05) is 30.3 Å². The number of amides is 1. The highest BCUT2D eigenvalue weighted by atomic mass is 32.1. The number of hydrogen-bond donors (Lipinski definition) is 2. The van der Waals surface area contributed by atoms with E-state index in [1.54, 1.807) is 0 Å². The Bertz CT molecular complexity index is 340. The first kappa shape index (κ1) is 16.1. The van der Waals surface area contributed by atoms with E-state index in [0.717, 1.165) is 24.3 Å². The lowest BCUT2D eigenvalue weighted by Crippen LogP contribution is -2.10. The van der Waals surface area contributed by atoms with Crippen LogP contribution in [0.25, 0.3) is 0 Å². The van der Waals surface area contributed by atoms with Gasteiger partial charge in [0.25, 0.3) is 0 Å². The van der Waals surface area contributed by atoms with Gasteiger partial charge in [0.2, 0.25) is 5.91 Å². The lowest BCUT2D eigenvalue weighted by molar-refractivity contribution is -0.116. The summed E-state index contributed by atoms with van der Waals surface area (Å²) in [6.07, 6.45) is 9.12. The van der Waals surface area contributed by atoms with E-state index in [4.69, 9.17) is 0 Å². The summed E-state index contributed by atoms with van der Waals surface area (Å²) in [5.41, 5.74) is 0.888. The Balaban J connectivity index is 1.96. The van der Waals surface area contributed by atoms with E-state index < -0.39 is 0 Å². The molecule has 0 aromatic heterocycles. The van der Waals surface area contributed by atoms with Crippen LogP contribution >= 0.6 is 12.6 Å². The molecule has 0 aliphatic carbocycles. The van der Waals surface area contributed by atoms with E-state index in [-0.39, 0.29) is 5.91 Å². The van der Waals surface area contributed by atoms with Gasteiger partial charge in [-0.25, -0.2) is 0 Å². The minimum absolute atomic E-state index is 0.126. The Morgan fingerprint density at radius 1 is 0.895 bits per heavy atom. The largest absolute Gasteiger partial charge is 0.326 e. The summed E-state index contributed by atoms with van der Waals surface area (Å²) in [4.78, 5) is 11.7. The number of carbonyl (C=O) groups excluding carboxylic acids is 1. The second kappa shape index (κ2) is 10.9. The average molecular weight is 279 g/mol. The number of rotatable bonds is 10. The first-order chi connectivity index (χ1) is 9.33. The number of anilines is 1. The molecule has 0 aliphatic heterocycles. The molecule has 3 heteroatoms. The lowest BCUT2D eigenvalue weighted by atomic mass is 10.1. The van der Waals surface area contributed by atoms with Crippen molar-refractivity contribution in [2.24, 2.45) is 0 Å². The van der Waals surface area contributed by atoms with Crippen molar-refractivity contribution in [2.45, 2.75) is 51.4 Å². The quantitative estimate of drug-likeness (QED) is 0.473. The molecule has 0 saturated carbocycles. The fraction of sp³-hybridized carbons (Fsp3) is 0.562. The molecule has 0 heterocycles. The maximum atomic E-state index is 11.7. The number of para-hydroxylation sites is 1. The number of thiol groups is 1. The van der Waals surface area contributed by atoms with Crippen LogP contribution in [0.3, 0.4) is 0 Å². The van der Waals surface area contributed by atoms with E-state index >= 15 is 0 Å². The number of unbranched alkanes of at least 4 members (excludes halogenated alkanes) is 6. The van der Waals surface area contributed by atoms with Crippen molar-refractivity contribution < 1.29 is 4.79 Å². The highest BCUT2D eigenvalue weighted by Gasteiger charge is 2.01. The molecule has 1 N–H and O–H groups in total. The van der Waals surface area contributed by atoms with Crippen LogP contribution < -0.4 is 5.32 Å². The van der Waals surface area contributed by atoms with Crippen molar-refractivity contribution in [1.82, 2.24) is 0 Å². The molecule has 0 fully saturated rings. The van der Waals surface area contributed by atoms with Gasteiger partial charge < -0.3 is 5.32 Å². The predicted molar refractivity (Wildman–Crippen MR) is 85.9 cm³/mol. The Hall–Kier alpha value is -0.960. The highest BCUT2D eigenvalue weighted by Crippen LogP contribution is 2.10. The molecule has 19 heavy (non-hydrogen) atoms. The number of carbonyl (C=O) groups is 1. The second-order valence-electron chi connectivity index (χ2n) is 4.86. The molecule has 1 amide bonds. The molecule has 0 bridgehead atoms. The summed E-state index contributed by atoms with van der Waals surface area (Å²) in [5, 5.41) is 2.91. The summed E-state index contributed by atoms with van der Waals surface area (Å²) < 4.78 is 0. The zero-order valence-corrected chi connectivity index (χ0v) is 12.5. The van der Waals surface area contributed by atoms with E-state index in [1.165, 1.54) is 32.1 Å². The second-order valence-corrected chi connectivity index (χ2v) is 5.31. The Kier molecular flexibility index (Phi) is 9.25. The number of nitrogens with one attached hydrogen (secondary N) is 1. The van der Waals surface area contributed by atoms with Crippen LogP contribution in [0, 0.1) is 0 Å². The third kappa shape index (κ3) is 8.71. The van der Waals surface area contributed by atoms with Crippen molar-refractivity contribution in [3.05, 3.63) is 30.3 Å². The standard InChI is InChI=1S/C16H25NOS/c18-16(17-15-11-7-6-8-12-15)13-9-4-2-1-3-5-10-14-19/h6-8,11-12,19H,1-5,9-10,13-14H2,(H,17,18). The molecule has 0 radical (unpaired) electrons. The molecular formula is C16H25NOS. The van der Waals surface area contributed by atoms with Gasteiger partial charge in [-0.2, -0.15) is 12.6 Å². The predicted octanol–water partition coefficient (Wildman–Crippen LogP) is 4.68. The molecule has 0 unspecified atom stereocenters. The fourth-order valence-corrected chi connectivity index (χ4v) is 2.25. The highest BCUT2D eigenvalue weighted by molar-refractivity contribution is 7.80. The third-order valence-corrected chi connectivity index (χ3v) is 3.44. The van der Waals surface area contributed by atoms with Gasteiger partial charge in [-0.1, -0.05) is 50.3 Å². The molecule has 1 rings (SSSR count). The summed E-state index contributed by atoms with van der Waals surface area (Å²) in [6, 6.07) is 9.64. The van der Waals surface area contributed by atoms with Crippen LogP contribution in [0.5, 0.6) is 0 Å². The summed E-state index contributed by atoms with van der Waals surface area (Å²) in [5.74, 6) is 1.13. The normalized spacial score (nSPS) is 10.4. The average Bonchev–Trinajstić information content (AvgIpc) is 2.43. The van der Waals surface area contributed by atoms with Gasteiger partial charge >= 0.3 is 0 Å². The van der Waals surface area contributed by atoms with E-state index in [0.29, 0.717) is 6.42 Å². The Morgan fingerprint density at radius 3 is 2.11 bits per heavy atom. The maximum absolute atomic E-state index is 11.7. The molecule has 1 aromatic carbocycles. The minimum Gasteiger partial charge on any atom is -0.326 e. The zero-order valence-electron chi connectivity index (χ0n) is 11.6. The third-order valence-electron chi connectivity index (χ3n) is 3.12. The first-order valence-electron chi connectivity index (χ1n) is 7.28. The molecule has 0 saturated heterocycles. The van der Waals surface area contributed by atoms with Crippen LogP contribution in [-0.4, -0.2) is 11.7 Å². The fourth-order valence-electron chi connectivity index (χ4n) is 2.03. The van der Waals surface area contributed by atoms with E-state index in [9.17, 15) is 4.79 Å². The molecule has 0 atom stereocenters. The summed E-state index contributed by atoms with van der Waals surface area (Å²) in [6.45, 7) is 0. The van der Waals surface area contributed by atoms with Crippen LogP contribution in [-0.2, 0) is 4.79 Å².